The number of piperidine rings is 1. The van der Waals surface area contributed by atoms with Crippen molar-refractivity contribution in [3.05, 3.63) is 35.4 Å². The van der Waals surface area contributed by atoms with Crippen LogP contribution in [0.4, 0.5) is 13.2 Å². The van der Waals surface area contributed by atoms with E-state index in [0.717, 1.165) is 30.8 Å². The first-order chi connectivity index (χ1) is 9.30. The molecule has 1 aromatic rings. The molecule has 1 aliphatic rings. The largest absolute Gasteiger partial charge is 0.416 e. The van der Waals surface area contributed by atoms with Crippen LogP contribution in [0.5, 0.6) is 0 Å². The normalized spacial score (nSPS) is 20.6. The topological polar surface area (TPSA) is 32.3 Å². The molecule has 1 saturated heterocycles. The Morgan fingerprint density at radius 2 is 1.75 bits per heavy atom. The van der Waals surface area contributed by atoms with Crippen LogP contribution in [0.1, 0.15) is 43.2 Å². The molecular formula is C15H20F3NO. The summed E-state index contributed by atoms with van der Waals surface area (Å²) < 4.78 is 37.5. The van der Waals surface area contributed by atoms with Gasteiger partial charge in [0.05, 0.1) is 11.2 Å². The summed E-state index contributed by atoms with van der Waals surface area (Å²) >= 11 is 0. The van der Waals surface area contributed by atoms with Crippen LogP contribution >= 0.6 is 0 Å². The average molecular weight is 287 g/mol. The van der Waals surface area contributed by atoms with Gasteiger partial charge in [0.15, 0.2) is 0 Å². The molecule has 2 rings (SSSR count). The van der Waals surface area contributed by atoms with Gasteiger partial charge in [-0.3, -0.25) is 0 Å². The molecule has 0 aliphatic carbocycles. The predicted molar refractivity (Wildman–Crippen MR) is 71.5 cm³/mol. The Morgan fingerprint density at radius 1 is 1.20 bits per heavy atom. The van der Waals surface area contributed by atoms with Crippen molar-refractivity contribution in [3.63, 3.8) is 0 Å². The molecule has 1 atom stereocenters. The van der Waals surface area contributed by atoms with E-state index < -0.39 is 17.3 Å². The smallest absolute Gasteiger partial charge is 0.390 e. The molecule has 2 nitrogen and oxygen atoms in total. The zero-order chi connectivity index (χ0) is 14.8. The molecule has 1 heterocycles. The lowest BCUT2D eigenvalue weighted by Gasteiger charge is -2.34. The summed E-state index contributed by atoms with van der Waals surface area (Å²) in [5.41, 5.74) is -0.494. The second-order valence-electron chi connectivity index (χ2n) is 5.70. The number of aliphatic hydroxyl groups is 1. The summed E-state index contributed by atoms with van der Waals surface area (Å²) in [6, 6.07) is 5.24. The minimum atomic E-state index is -4.30. The highest BCUT2D eigenvalue weighted by Gasteiger charge is 2.32. The van der Waals surface area contributed by atoms with Crippen molar-refractivity contribution in [1.29, 1.82) is 0 Å². The van der Waals surface area contributed by atoms with E-state index in [0.29, 0.717) is 19.3 Å². The number of hydrogen-bond acceptors (Lipinski definition) is 2. The molecule has 20 heavy (non-hydrogen) atoms. The van der Waals surface area contributed by atoms with Crippen LogP contribution in [0.3, 0.4) is 0 Å². The zero-order valence-corrected chi connectivity index (χ0v) is 11.5. The van der Waals surface area contributed by atoms with Gasteiger partial charge in [0.25, 0.3) is 0 Å². The number of rotatable bonds is 3. The summed E-state index contributed by atoms with van der Waals surface area (Å²) in [6.07, 6.45) is -2.33. The predicted octanol–water partition coefficient (Wildman–Crippen LogP) is 3.31. The lowest BCUT2D eigenvalue weighted by Crippen LogP contribution is -2.42. The Morgan fingerprint density at radius 3 is 2.25 bits per heavy atom. The molecule has 0 radical (unpaired) electrons. The molecule has 112 valence electrons. The third-order valence-corrected chi connectivity index (χ3v) is 4.03. The Balaban J connectivity index is 2.04. The summed E-state index contributed by atoms with van der Waals surface area (Å²) in [5.74, 6) is 0.0420. The highest BCUT2D eigenvalue weighted by molar-refractivity contribution is 5.27. The Labute approximate surface area is 117 Å². The SMILES string of the molecule is CC(CC1(O)CCNCC1)c1ccc(C(F)(F)F)cc1. The minimum absolute atomic E-state index is 0.0420. The van der Waals surface area contributed by atoms with Crippen LogP contribution in [-0.2, 0) is 6.18 Å². The fraction of sp³-hybridized carbons (Fsp3) is 0.600. The molecule has 0 aromatic heterocycles. The third kappa shape index (κ3) is 3.73. The Hall–Kier alpha value is -1.07. The maximum atomic E-state index is 12.5. The second-order valence-corrected chi connectivity index (χ2v) is 5.70. The van der Waals surface area contributed by atoms with Gasteiger partial charge < -0.3 is 10.4 Å². The first-order valence-electron chi connectivity index (χ1n) is 6.90. The highest BCUT2D eigenvalue weighted by atomic mass is 19.4. The Bertz CT molecular complexity index is 435. The molecule has 0 bridgehead atoms. The van der Waals surface area contributed by atoms with E-state index in [1.54, 1.807) is 0 Å². The van der Waals surface area contributed by atoms with Gasteiger partial charge in [-0.2, -0.15) is 13.2 Å². The molecule has 0 saturated carbocycles. The lowest BCUT2D eigenvalue weighted by molar-refractivity contribution is -0.137. The maximum Gasteiger partial charge on any atom is 0.416 e. The molecule has 2 N–H and O–H groups in total. The molecule has 1 aliphatic heterocycles. The number of nitrogens with one attached hydrogen (secondary N) is 1. The van der Waals surface area contributed by atoms with Crippen molar-refractivity contribution < 1.29 is 18.3 Å². The van der Waals surface area contributed by atoms with Crippen molar-refractivity contribution in [1.82, 2.24) is 5.32 Å². The van der Waals surface area contributed by atoms with Gasteiger partial charge in [-0.1, -0.05) is 19.1 Å². The molecule has 1 aromatic carbocycles. The van der Waals surface area contributed by atoms with Gasteiger partial charge in [-0.15, -0.1) is 0 Å². The van der Waals surface area contributed by atoms with E-state index in [9.17, 15) is 18.3 Å². The van der Waals surface area contributed by atoms with Gasteiger partial charge >= 0.3 is 6.18 Å². The van der Waals surface area contributed by atoms with Gasteiger partial charge in [0.1, 0.15) is 0 Å². The maximum absolute atomic E-state index is 12.5. The summed E-state index contributed by atoms with van der Waals surface area (Å²) in [6.45, 7) is 3.52. The lowest BCUT2D eigenvalue weighted by atomic mass is 9.81. The van der Waals surface area contributed by atoms with E-state index in [2.05, 4.69) is 5.32 Å². The number of alkyl halides is 3. The Kier molecular flexibility index (Phi) is 4.39. The quantitative estimate of drug-likeness (QED) is 0.894. The number of hydrogen-bond donors (Lipinski definition) is 2. The van der Waals surface area contributed by atoms with Gasteiger partial charge in [0.2, 0.25) is 0 Å². The molecule has 0 amide bonds. The first kappa shape index (κ1) is 15.3. The van der Waals surface area contributed by atoms with E-state index in [-0.39, 0.29) is 5.92 Å². The van der Waals surface area contributed by atoms with E-state index in [1.807, 2.05) is 6.92 Å². The van der Waals surface area contributed by atoms with E-state index in [4.69, 9.17) is 0 Å². The second kappa shape index (κ2) is 5.74. The van der Waals surface area contributed by atoms with Crippen molar-refractivity contribution in [2.75, 3.05) is 13.1 Å². The number of halogens is 3. The standard InChI is InChI=1S/C15H20F3NO/c1-11(10-14(20)6-8-19-9-7-14)12-2-4-13(5-3-12)15(16,17)18/h2-5,11,19-20H,6-10H2,1H3. The van der Waals surface area contributed by atoms with Crippen LogP contribution in [0, 0.1) is 0 Å². The van der Waals surface area contributed by atoms with Crippen molar-refractivity contribution >= 4 is 0 Å². The fourth-order valence-electron chi connectivity index (χ4n) is 2.78. The first-order valence-corrected chi connectivity index (χ1v) is 6.90. The molecule has 1 unspecified atom stereocenters. The van der Waals surface area contributed by atoms with Crippen molar-refractivity contribution in [2.24, 2.45) is 0 Å². The molecule has 1 fully saturated rings. The molecule has 0 spiro atoms. The monoisotopic (exact) mass is 287 g/mol. The third-order valence-electron chi connectivity index (χ3n) is 4.03. The van der Waals surface area contributed by atoms with Crippen LogP contribution in [0.15, 0.2) is 24.3 Å². The number of benzene rings is 1. The van der Waals surface area contributed by atoms with Crippen LogP contribution < -0.4 is 5.32 Å². The van der Waals surface area contributed by atoms with Crippen LogP contribution in [0.25, 0.3) is 0 Å². The van der Waals surface area contributed by atoms with Crippen LogP contribution in [-0.4, -0.2) is 23.8 Å². The average Bonchev–Trinajstić information content (AvgIpc) is 2.38. The van der Waals surface area contributed by atoms with Crippen molar-refractivity contribution in [3.8, 4) is 0 Å². The summed E-state index contributed by atoms with van der Waals surface area (Å²) in [7, 11) is 0. The minimum Gasteiger partial charge on any atom is -0.390 e. The van der Waals surface area contributed by atoms with Gasteiger partial charge in [0, 0.05) is 0 Å². The summed E-state index contributed by atoms with van der Waals surface area (Å²) in [4.78, 5) is 0. The zero-order valence-electron chi connectivity index (χ0n) is 11.5. The highest BCUT2D eigenvalue weighted by Crippen LogP contribution is 2.34. The van der Waals surface area contributed by atoms with E-state index >= 15 is 0 Å². The van der Waals surface area contributed by atoms with E-state index in [1.165, 1.54) is 12.1 Å². The van der Waals surface area contributed by atoms with Gasteiger partial charge in [-0.05, 0) is 56.0 Å². The van der Waals surface area contributed by atoms with Gasteiger partial charge in [-0.25, -0.2) is 0 Å². The van der Waals surface area contributed by atoms with Crippen molar-refractivity contribution in [2.45, 2.75) is 43.9 Å². The van der Waals surface area contributed by atoms with Crippen LogP contribution in [0.2, 0.25) is 0 Å². The fourth-order valence-corrected chi connectivity index (χ4v) is 2.78. The molecular weight excluding hydrogens is 267 g/mol. The summed E-state index contributed by atoms with van der Waals surface area (Å²) in [5, 5.41) is 13.7. The molecule has 5 heteroatoms.